The Morgan fingerprint density at radius 1 is 1.21 bits per heavy atom. The second kappa shape index (κ2) is 10.2. The van der Waals surface area contributed by atoms with Crippen LogP contribution in [0.5, 0.6) is 0 Å². The molecule has 1 fully saturated rings. The van der Waals surface area contributed by atoms with Gasteiger partial charge in [-0.3, -0.25) is 9.69 Å². The van der Waals surface area contributed by atoms with Gasteiger partial charge >= 0.3 is 6.18 Å². The molecule has 1 atom stereocenters. The number of nitrogens with one attached hydrogen (secondary N) is 1. The maximum Gasteiger partial charge on any atom is 0.434 e. The number of carbonyl (C=O) groups excluding carboxylic acids is 1. The average Bonchev–Trinajstić information content (AvgIpc) is 3.24. The summed E-state index contributed by atoms with van der Waals surface area (Å²) in [5.74, 6) is -0.847. The fraction of sp³-hybridized carbons (Fsp3) is 0.333. The maximum atomic E-state index is 13.9. The Morgan fingerprint density at radius 3 is 2.65 bits per heavy atom. The topological polar surface area (TPSA) is 59.4 Å². The highest BCUT2D eigenvalue weighted by molar-refractivity contribution is 6.30. The lowest BCUT2D eigenvalue weighted by Crippen LogP contribution is -2.40. The molecule has 2 heterocycles. The van der Waals surface area contributed by atoms with Crippen molar-refractivity contribution < 1.29 is 22.7 Å². The summed E-state index contributed by atoms with van der Waals surface area (Å²) >= 11 is 5.83. The molecule has 1 aliphatic heterocycles. The van der Waals surface area contributed by atoms with Crippen molar-refractivity contribution in [2.24, 2.45) is 0 Å². The highest BCUT2D eigenvalue weighted by atomic mass is 35.5. The molecule has 0 aliphatic carbocycles. The SMILES string of the molecule is CC1CN(Cc2cccc(CNC(=O)c3cnn(-c4ccc(Cl)cc4)c3C(F)(F)F)c2)CCO1. The number of hydrogen-bond donors (Lipinski definition) is 1. The largest absolute Gasteiger partial charge is 0.434 e. The summed E-state index contributed by atoms with van der Waals surface area (Å²) in [6.07, 6.45) is -3.67. The normalized spacial score (nSPS) is 17.0. The molecule has 1 N–H and O–H groups in total. The molecule has 0 saturated carbocycles. The number of nitrogens with zero attached hydrogens (tertiary/aromatic N) is 3. The molecule has 0 radical (unpaired) electrons. The van der Waals surface area contributed by atoms with E-state index in [-0.39, 0.29) is 18.3 Å². The van der Waals surface area contributed by atoms with Gasteiger partial charge < -0.3 is 10.1 Å². The second-order valence-electron chi connectivity index (χ2n) is 8.21. The monoisotopic (exact) mass is 492 g/mol. The molecule has 1 saturated heterocycles. The maximum absolute atomic E-state index is 13.9. The number of benzene rings is 2. The molecular weight excluding hydrogens is 469 g/mol. The van der Waals surface area contributed by atoms with Crippen LogP contribution in [0.4, 0.5) is 13.2 Å². The van der Waals surface area contributed by atoms with Crippen molar-refractivity contribution in [2.45, 2.75) is 32.3 Å². The number of aromatic nitrogens is 2. The minimum atomic E-state index is -4.78. The Balaban J connectivity index is 1.47. The van der Waals surface area contributed by atoms with E-state index in [9.17, 15) is 18.0 Å². The Bertz CT molecular complexity index is 1150. The van der Waals surface area contributed by atoms with Gasteiger partial charge in [-0.05, 0) is 42.3 Å². The number of hydrogen-bond acceptors (Lipinski definition) is 4. The van der Waals surface area contributed by atoms with E-state index in [2.05, 4.69) is 15.3 Å². The molecule has 0 spiro atoms. The molecule has 34 heavy (non-hydrogen) atoms. The van der Waals surface area contributed by atoms with Crippen LogP contribution >= 0.6 is 11.6 Å². The van der Waals surface area contributed by atoms with Gasteiger partial charge in [0.25, 0.3) is 5.91 Å². The Morgan fingerprint density at radius 2 is 1.94 bits per heavy atom. The van der Waals surface area contributed by atoms with Crippen LogP contribution in [0.3, 0.4) is 0 Å². The van der Waals surface area contributed by atoms with Gasteiger partial charge in [-0.25, -0.2) is 4.68 Å². The van der Waals surface area contributed by atoms with Crippen LogP contribution in [0.1, 0.15) is 34.1 Å². The highest BCUT2D eigenvalue weighted by Crippen LogP contribution is 2.34. The first-order valence-electron chi connectivity index (χ1n) is 10.8. The zero-order chi connectivity index (χ0) is 24.3. The second-order valence-corrected chi connectivity index (χ2v) is 8.65. The number of morpholine rings is 1. The number of halogens is 4. The third-order valence-electron chi connectivity index (χ3n) is 5.53. The van der Waals surface area contributed by atoms with Crippen molar-refractivity contribution in [1.82, 2.24) is 20.0 Å². The predicted molar refractivity (Wildman–Crippen MR) is 122 cm³/mol. The molecule has 1 amide bonds. The Hall–Kier alpha value is -2.88. The number of rotatable bonds is 6. The van der Waals surface area contributed by atoms with E-state index in [4.69, 9.17) is 16.3 Å². The molecule has 1 unspecified atom stereocenters. The van der Waals surface area contributed by atoms with Crippen molar-refractivity contribution in [3.05, 3.63) is 82.1 Å². The number of carbonyl (C=O) groups is 1. The van der Waals surface area contributed by atoms with Gasteiger partial charge in [0, 0.05) is 31.2 Å². The van der Waals surface area contributed by atoms with Crippen LogP contribution in [-0.4, -0.2) is 46.4 Å². The van der Waals surface area contributed by atoms with Crippen molar-refractivity contribution >= 4 is 17.5 Å². The zero-order valence-electron chi connectivity index (χ0n) is 18.5. The molecule has 3 aromatic rings. The van der Waals surface area contributed by atoms with E-state index >= 15 is 0 Å². The van der Waals surface area contributed by atoms with Crippen molar-refractivity contribution in [3.8, 4) is 5.69 Å². The molecule has 6 nitrogen and oxygen atoms in total. The van der Waals surface area contributed by atoms with E-state index in [1.165, 1.54) is 24.3 Å². The minimum Gasteiger partial charge on any atom is -0.376 e. The summed E-state index contributed by atoms with van der Waals surface area (Å²) in [6, 6.07) is 13.4. The van der Waals surface area contributed by atoms with Crippen LogP contribution in [-0.2, 0) is 24.0 Å². The summed E-state index contributed by atoms with van der Waals surface area (Å²) < 4.78 is 47.8. The van der Waals surface area contributed by atoms with Crippen molar-refractivity contribution in [2.75, 3.05) is 19.7 Å². The summed E-state index contributed by atoms with van der Waals surface area (Å²) in [6.45, 7) is 5.21. The van der Waals surface area contributed by atoms with Gasteiger partial charge in [0.1, 0.15) is 0 Å². The van der Waals surface area contributed by atoms with Crippen molar-refractivity contribution in [1.29, 1.82) is 0 Å². The van der Waals surface area contributed by atoms with Crippen LogP contribution in [0.25, 0.3) is 5.69 Å². The van der Waals surface area contributed by atoms with Gasteiger partial charge in [-0.1, -0.05) is 35.9 Å². The van der Waals surface area contributed by atoms with Gasteiger partial charge in [0.05, 0.1) is 30.2 Å². The number of ether oxygens (including phenoxy) is 1. The molecule has 4 rings (SSSR count). The Labute approximate surface area is 200 Å². The first-order chi connectivity index (χ1) is 16.2. The van der Waals surface area contributed by atoms with Gasteiger partial charge in [-0.2, -0.15) is 18.3 Å². The lowest BCUT2D eigenvalue weighted by Gasteiger charge is -2.31. The van der Waals surface area contributed by atoms with Gasteiger partial charge in [0.15, 0.2) is 5.69 Å². The minimum absolute atomic E-state index is 0.0929. The highest BCUT2D eigenvalue weighted by Gasteiger charge is 2.40. The zero-order valence-corrected chi connectivity index (χ0v) is 19.2. The predicted octanol–water partition coefficient (Wildman–Crippen LogP) is 4.70. The summed E-state index contributed by atoms with van der Waals surface area (Å²) in [7, 11) is 0. The first kappa shape index (κ1) is 24.3. The van der Waals surface area contributed by atoms with Crippen LogP contribution in [0, 0.1) is 0 Å². The molecule has 10 heteroatoms. The van der Waals surface area contributed by atoms with E-state index < -0.39 is 23.3 Å². The van der Waals surface area contributed by atoms with Gasteiger partial charge in [0.2, 0.25) is 0 Å². The summed E-state index contributed by atoms with van der Waals surface area (Å²) in [4.78, 5) is 15.0. The molecule has 1 aliphatic rings. The number of amides is 1. The van der Waals surface area contributed by atoms with Crippen LogP contribution in [0.2, 0.25) is 5.02 Å². The van der Waals surface area contributed by atoms with E-state index in [0.717, 1.165) is 37.0 Å². The van der Waals surface area contributed by atoms with Crippen LogP contribution in [0.15, 0.2) is 54.7 Å². The summed E-state index contributed by atoms with van der Waals surface area (Å²) in [5.41, 5.74) is 0.336. The van der Waals surface area contributed by atoms with E-state index in [1.807, 2.05) is 31.2 Å². The smallest absolute Gasteiger partial charge is 0.376 e. The lowest BCUT2D eigenvalue weighted by molar-refractivity contribution is -0.143. The van der Waals surface area contributed by atoms with Gasteiger partial charge in [-0.15, -0.1) is 0 Å². The summed E-state index contributed by atoms with van der Waals surface area (Å²) in [5, 5.41) is 6.80. The molecule has 2 aromatic carbocycles. The molecular formula is C24H24ClF3N4O2. The third kappa shape index (κ3) is 5.78. The first-order valence-corrected chi connectivity index (χ1v) is 11.2. The standard InChI is InChI=1S/C24H24ClF3N4O2/c1-16-14-31(9-10-34-16)15-18-4-2-3-17(11-18)12-29-23(33)21-13-30-32(22(21)24(26,27)28)20-7-5-19(25)6-8-20/h2-8,11,13,16H,9-10,12,14-15H2,1H3,(H,29,33). The van der Waals surface area contributed by atoms with Crippen LogP contribution < -0.4 is 5.32 Å². The lowest BCUT2D eigenvalue weighted by atomic mass is 10.1. The van der Waals surface area contributed by atoms with E-state index in [0.29, 0.717) is 16.3 Å². The molecule has 0 bridgehead atoms. The third-order valence-corrected chi connectivity index (χ3v) is 5.78. The molecule has 180 valence electrons. The molecule has 1 aromatic heterocycles. The Kier molecular flexibility index (Phi) is 7.25. The fourth-order valence-corrected chi connectivity index (χ4v) is 4.10. The van der Waals surface area contributed by atoms with Crippen molar-refractivity contribution in [3.63, 3.8) is 0 Å². The fourth-order valence-electron chi connectivity index (χ4n) is 3.97. The number of alkyl halides is 3. The van der Waals surface area contributed by atoms with E-state index in [1.54, 1.807) is 0 Å². The average molecular weight is 493 g/mol. The quantitative estimate of drug-likeness (QED) is 0.542.